The Balaban J connectivity index is 2.10. The van der Waals surface area contributed by atoms with E-state index in [-0.39, 0.29) is 12.2 Å². The number of rotatable bonds is 1. The van der Waals surface area contributed by atoms with Crippen LogP contribution in [0.1, 0.15) is 27.7 Å². The van der Waals surface area contributed by atoms with Gasteiger partial charge in [-0.3, -0.25) is 0 Å². The highest BCUT2D eigenvalue weighted by Crippen LogP contribution is 2.39. The molecule has 0 aromatic heterocycles. The maximum absolute atomic E-state index is 8.61. The Morgan fingerprint density at radius 3 is 2.61 bits per heavy atom. The number of benzene rings is 1. The van der Waals surface area contributed by atoms with Crippen molar-refractivity contribution in [3.05, 3.63) is 53.4 Å². The van der Waals surface area contributed by atoms with Gasteiger partial charge in [0.25, 0.3) is 0 Å². The molecule has 1 aromatic carbocycles. The van der Waals surface area contributed by atoms with Crippen molar-refractivity contribution in [2.45, 2.75) is 33.2 Å². The molecule has 1 unspecified atom stereocenters. The fraction of sp³-hybridized carbons (Fsp3) is 0.375. The molecule has 0 saturated carbocycles. The molecule has 0 amide bonds. The molecule has 1 aromatic rings. The summed E-state index contributed by atoms with van der Waals surface area (Å²) in [6.07, 6.45) is 4.33. The van der Waals surface area contributed by atoms with Crippen LogP contribution in [-0.4, -0.2) is 17.1 Å². The Morgan fingerprint density at radius 2 is 1.94 bits per heavy atom. The first-order valence-electron chi connectivity index (χ1n) is 6.98. The van der Waals surface area contributed by atoms with Gasteiger partial charge in [0.1, 0.15) is 0 Å². The number of hydrogen-bond acceptors (Lipinski definition) is 2. The van der Waals surface area contributed by atoms with Gasteiger partial charge in [-0.15, -0.1) is 0 Å². The predicted octanol–water partition coefficient (Wildman–Crippen LogP) is 3.65. The van der Waals surface area contributed by atoms with Crippen molar-refractivity contribution < 1.29 is 1.37 Å². The second kappa shape index (κ2) is 3.64. The number of hydrogen-bond donors (Lipinski definition) is 0. The van der Waals surface area contributed by atoms with Gasteiger partial charge in [-0.05, 0) is 45.4 Å². The molecule has 2 nitrogen and oxygen atoms in total. The number of allylic oxidation sites excluding steroid dienone is 2. The molecule has 0 bridgehead atoms. The van der Waals surface area contributed by atoms with Crippen LogP contribution in [0.5, 0.6) is 0 Å². The van der Waals surface area contributed by atoms with E-state index in [2.05, 4.69) is 61.8 Å². The molecule has 0 fully saturated rings. The van der Waals surface area contributed by atoms with E-state index in [4.69, 9.17) is 1.37 Å². The molecule has 0 spiro atoms. The lowest BCUT2D eigenvalue weighted by molar-refractivity contribution is 0.257. The number of fused-ring (bicyclic) bond motifs is 1. The van der Waals surface area contributed by atoms with Crippen LogP contribution in [0.4, 0.5) is 5.69 Å². The van der Waals surface area contributed by atoms with Gasteiger partial charge in [0.2, 0.25) is 0 Å². The van der Waals surface area contributed by atoms with E-state index in [0.717, 1.165) is 11.4 Å². The lowest BCUT2D eigenvalue weighted by Gasteiger charge is -2.32. The van der Waals surface area contributed by atoms with Crippen LogP contribution >= 0.6 is 0 Å². The lowest BCUT2D eigenvalue weighted by atomic mass is 10.1. The minimum atomic E-state index is -0.388. The highest BCUT2D eigenvalue weighted by molar-refractivity contribution is 5.61. The van der Waals surface area contributed by atoms with Crippen LogP contribution in [-0.2, 0) is 0 Å². The number of anilines is 1. The molecule has 0 N–H and O–H groups in total. The van der Waals surface area contributed by atoms with Crippen molar-refractivity contribution in [1.29, 1.82) is 0 Å². The van der Waals surface area contributed by atoms with Crippen molar-refractivity contribution in [3.63, 3.8) is 0 Å². The first-order valence-corrected chi connectivity index (χ1v) is 6.40. The summed E-state index contributed by atoms with van der Waals surface area (Å²) in [5.41, 5.74) is 4.60. The van der Waals surface area contributed by atoms with Crippen LogP contribution in [0, 0.1) is 6.92 Å². The van der Waals surface area contributed by atoms with Crippen molar-refractivity contribution in [1.82, 2.24) is 4.90 Å². The van der Waals surface area contributed by atoms with Crippen LogP contribution in [0.25, 0.3) is 0 Å². The topological polar surface area (TPSA) is 6.48 Å². The summed E-state index contributed by atoms with van der Waals surface area (Å²) < 4.78 is 8.61. The summed E-state index contributed by atoms with van der Waals surface area (Å²) in [4.78, 5) is 4.30. The summed E-state index contributed by atoms with van der Waals surface area (Å²) in [5, 5.41) is 0. The fourth-order valence-corrected chi connectivity index (χ4v) is 2.66. The Kier molecular flexibility index (Phi) is 2.07. The average Bonchev–Trinajstić information content (AvgIpc) is 2.79. The van der Waals surface area contributed by atoms with E-state index in [1.165, 1.54) is 11.3 Å². The number of para-hydroxylation sites is 1. The molecule has 2 heterocycles. The normalized spacial score (nSPS) is 25.8. The predicted molar refractivity (Wildman–Crippen MR) is 76.3 cm³/mol. The highest BCUT2D eigenvalue weighted by atomic mass is 15.4. The highest BCUT2D eigenvalue weighted by Gasteiger charge is 2.38. The summed E-state index contributed by atoms with van der Waals surface area (Å²) in [7, 11) is 0. The first kappa shape index (κ1) is 10.2. The number of nitrogens with zero attached hydrogens (tertiary/aromatic N) is 2. The van der Waals surface area contributed by atoms with Gasteiger partial charge in [0.15, 0.2) is 0 Å². The monoisotopic (exact) mass is 241 g/mol. The van der Waals surface area contributed by atoms with Crippen molar-refractivity contribution in [3.8, 4) is 0 Å². The van der Waals surface area contributed by atoms with Gasteiger partial charge >= 0.3 is 0 Å². The van der Waals surface area contributed by atoms with E-state index >= 15 is 0 Å². The van der Waals surface area contributed by atoms with Gasteiger partial charge in [-0.2, -0.15) is 0 Å². The van der Waals surface area contributed by atoms with E-state index in [1.54, 1.807) is 0 Å². The molecule has 18 heavy (non-hydrogen) atoms. The Labute approximate surface area is 111 Å². The zero-order chi connectivity index (χ0) is 13.8. The molecule has 0 aliphatic carbocycles. The molecular weight excluding hydrogens is 220 g/mol. The fourth-order valence-electron chi connectivity index (χ4n) is 2.66. The molecule has 2 heteroatoms. The van der Waals surface area contributed by atoms with Crippen molar-refractivity contribution in [2.24, 2.45) is 0 Å². The molecule has 94 valence electrons. The third-order valence-corrected chi connectivity index (χ3v) is 3.87. The Hall–Kier alpha value is -1.70. The van der Waals surface area contributed by atoms with Crippen molar-refractivity contribution in [2.75, 3.05) is 11.5 Å². The zero-order valence-electron chi connectivity index (χ0n) is 12.4. The summed E-state index contributed by atoms with van der Waals surface area (Å²) >= 11 is 0. The van der Waals surface area contributed by atoms with Crippen LogP contribution in [0.15, 0.2) is 47.8 Å². The Morgan fingerprint density at radius 1 is 1.22 bits per heavy atom. The van der Waals surface area contributed by atoms with Crippen LogP contribution in [0.2, 0.25) is 0 Å². The van der Waals surface area contributed by atoms with Gasteiger partial charge in [-0.1, -0.05) is 24.3 Å². The number of aryl methyl sites for hydroxylation is 1. The average molecular weight is 241 g/mol. The summed E-state index contributed by atoms with van der Waals surface area (Å²) in [6, 6.07) is 8.28. The van der Waals surface area contributed by atoms with E-state index in [1.807, 2.05) is 12.1 Å². The maximum Gasteiger partial charge on any atom is 0.0958 e. The minimum Gasteiger partial charge on any atom is -0.343 e. The Bertz CT molecular complexity index is 586. The van der Waals surface area contributed by atoms with E-state index in [0.29, 0.717) is 0 Å². The molecule has 2 aliphatic rings. The zero-order valence-corrected chi connectivity index (χ0v) is 11.4. The van der Waals surface area contributed by atoms with Gasteiger partial charge < -0.3 is 9.80 Å². The molecule has 0 radical (unpaired) electrons. The molecule has 0 saturated heterocycles. The summed E-state index contributed by atoms with van der Waals surface area (Å²) in [6.45, 7) is 8.14. The third-order valence-electron chi connectivity index (χ3n) is 3.87. The quantitative estimate of drug-likeness (QED) is 0.740. The van der Waals surface area contributed by atoms with Gasteiger partial charge in [-0.25, -0.2) is 0 Å². The second-order valence-corrected chi connectivity index (χ2v) is 5.60. The molecular formula is C16H20N2. The minimum absolute atomic E-state index is 0.0829. The van der Waals surface area contributed by atoms with E-state index < -0.39 is 0 Å². The largest absolute Gasteiger partial charge is 0.343 e. The maximum atomic E-state index is 8.61. The first-order chi connectivity index (χ1) is 8.93. The van der Waals surface area contributed by atoms with Gasteiger partial charge in [0, 0.05) is 11.4 Å². The van der Waals surface area contributed by atoms with Gasteiger partial charge in [0.05, 0.1) is 19.3 Å². The lowest BCUT2D eigenvalue weighted by Crippen LogP contribution is -2.39. The molecule has 1 atom stereocenters. The SMILES string of the molecule is [2H]C1N(c2ccccc2C)C(C)=C2C=CC(C)(C)N21. The molecule has 2 aliphatic heterocycles. The van der Waals surface area contributed by atoms with Crippen molar-refractivity contribution >= 4 is 5.69 Å². The third kappa shape index (κ3) is 1.48. The summed E-state index contributed by atoms with van der Waals surface area (Å²) in [5.74, 6) is 0. The molecule has 3 rings (SSSR count). The van der Waals surface area contributed by atoms with E-state index in [9.17, 15) is 0 Å². The smallest absolute Gasteiger partial charge is 0.0958 e. The van der Waals surface area contributed by atoms with Crippen LogP contribution in [0.3, 0.4) is 0 Å². The second-order valence-electron chi connectivity index (χ2n) is 5.60. The standard InChI is InChI=1S/C16H20N2/c1-12-7-5-6-8-14(12)17-11-18-15(13(17)2)9-10-16(18,3)4/h5-10H,11H2,1-4H3/i11D. The van der Waals surface area contributed by atoms with Crippen LogP contribution < -0.4 is 4.90 Å².